The molecule has 3 aromatic rings. The van der Waals surface area contributed by atoms with Gasteiger partial charge >= 0.3 is 0 Å². The van der Waals surface area contributed by atoms with Gasteiger partial charge in [0.05, 0.1) is 24.2 Å². The summed E-state index contributed by atoms with van der Waals surface area (Å²) in [6.07, 6.45) is 3.06. The van der Waals surface area contributed by atoms with Crippen LogP contribution >= 0.6 is 15.9 Å². The quantitative estimate of drug-likeness (QED) is 0.561. The van der Waals surface area contributed by atoms with Crippen molar-refractivity contribution in [3.8, 4) is 17.2 Å². The minimum Gasteiger partial charge on any atom is -0.496 e. The highest BCUT2D eigenvalue weighted by Gasteiger charge is 2.17. The summed E-state index contributed by atoms with van der Waals surface area (Å²) in [6.45, 7) is 2.20. The molecule has 0 saturated carbocycles. The predicted octanol–water partition coefficient (Wildman–Crippen LogP) is 3.73. The van der Waals surface area contributed by atoms with Crippen LogP contribution in [0.15, 0.2) is 44.7 Å². The number of fused-ring (bicyclic) bond motifs is 2. The summed E-state index contributed by atoms with van der Waals surface area (Å²) in [4.78, 5) is 17.7. The lowest BCUT2D eigenvalue weighted by atomic mass is 10.2. The average molecular weight is 444 g/mol. The summed E-state index contributed by atoms with van der Waals surface area (Å²) in [5.74, 6) is 2.42. The minimum atomic E-state index is -0.217. The lowest BCUT2D eigenvalue weighted by Gasteiger charge is -2.10. The van der Waals surface area contributed by atoms with E-state index in [2.05, 4.69) is 26.0 Å². The summed E-state index contributed by atoms with van der Waals surface area (Å²) in [7, 11) is 1.57. The molecule has 0 bridgehead atoms. The fraction of sp³-hybridized carbons (Fsp3) is 0.250. The zero-order valence-corrected chi connectivity index (χ0v) is 17.0. The molecular weight excluding hydrogens is 426 g/mol. The van der Waals surface area contributed by atoms with Crippen LogP contribution in [-0.2, 0) is 6.42 Å². The van der Waals surface area contributed by atoms with Gasteiger partial charge in [-0.15, -0.1) is 0 Å². The largest absolute Gasteiger partial charge is 0.496 e. The van der Waals surface area contributed by atoms with Crippen molar-refractivity contribution in [1.82, 2.24) is 9.66 Å². The third-order valence-corrected chi connectivity index (χ3v) is 4.88. The van der Waals surface area contributed by atoms with E-state index < -0.39 is 0 Å². The summed E-state index contributed by atoms with van der Waals surface area (Å²) in [6, 6.07) is 8.98. The van der Waals surface area contributed by atoms with E-state index in [1.807, 2.05) is 19.1 Å². The van der Waals surface area contributed by atoms with E-state index in [0.717, 1.165) is 10.9 Å². The second-order valence-corrected chi connectivity index (χ2v) is 7.16. The van der Waals surface area contributed by atoms with Crippen molar-refractivity contribution in [2.24, 2.45) is 5.10 Å². The van der Waals surface area contributed by atoms with Gasteiger partial charge in [-0.25, -0.2) is 4.98 Å². The molecule has 0 unspecified atom stereocenters. The maximum Gasteiger partial charge on any atom is 0.282 e. The van der Waals surface area contributed by atoms with E-state index in [9.17, 15) is 4.79 Å². The second kappa shape index (κ2) is 7.63. The van der Waals surface area contributed by atoms with Crippen LogP contribution in [0, 0.1) is 0 Å². The van der Waals surface area contributed by atoms with Crippen molar-refractivity contribution in [2.45, 2.75) is 19.8 Å². The number of methoxy groups -OCH3 is 1. The smallest absolute Gasteiger partial charge is 0.282 e. The SMILES string of the molecule is CCCc1nc2ccc(Br)cc2c(=O)n1N=Cc1cc2c(cc1OC)OCO2. The fourth-order valence-corrected chi connectivity index (χ4v) is 3.40. The maximum atomic E-state index is 13.1. The molecule has 7 nitrogen and oxygen atoms in total. The topological polar surface area (TPSA) is 74.9 Å². The highest BCUT2D eigenvalue weighted by Crippen LogP contribution is 2.37. The Morgan fingerprint density at radius 3 is 2.82 bits per heavy atom. The molecule has 28 heavy (non-hydrogen) atoms. The number of hydrogen-bond donors (Lipinski definition) is 0. The van der Waals surface area contributed by atoms with Crippen molar-refractivity contribution in [1.29, 1.82) is 0 Å². The molecule has 2 heterocycles. The first-order valence-corrected chi connectivity index (χ1v) is 9.63. The molecule has 0 atom stereocenters. The van der Waals surface area contributed by atoms with Crippen LogP contribution in [0.3, 0.4) is 0 Å². The van der Waals surface area contributed by atoms with Crippen molar-refractivity contribution < 1.29 is 14.2 Å². The van der Waals surface area contributed by atoms with E-state index in [0.29, 0.717) is 46.0 Å². The number of rotatable bonds is 5. The zero-order chi connectivity index (χ0) is 19.7. The van der Waals surface area contributed by atoms with Crippen LogP contribution in [0.2, 0.25) is 0 Å². The normalized spacial score (nSPS) is 12.8. The Hall–Kier alpha value is -2.87. The molecule has 0 aliphatic carbocycles. The number of benzene rings is 2. The number of ether oxygens (including phenoxy) is 3. The van der Waals surface area contributed by atoms with Gasteiger partial charge in [0.25, 0.3) is 5.56 Å². The Bertz CT molecular complexity index is 1140. The van der Waals surface area contributed by atoms with Gasteiger partial charge in [-0.05, 0) is 30.7 Å². The van der Waals surface area contributed by atoms with Crippen molar-refractivity contribution in [2.75, 3.05) is 13.9 Å². The highest BCUT2D eigenvalue weighted by atomic mass is 79.9. The van der Waals surface area contributed by atoms with Gasteiger partial charge in [-0.2, -0.15) is 9.78 Å². The van der Waals surface area contributed by atoms with Gasteiger partial charge in [0.2, 0.25) is 6.79 Å². The van der Waals surface area contributed by atoms with Crippen LogP contribution in [0.4, 0.5) is 0 Å². The van der Waals surface area contributed by atoms with Gasteiger partial charge < -0.3 is 14.2 Å². The van der Waals surface area contributed by atoms with E-state index in [-0.39, 0.29) is 12.4 Å². The summed E-state index contributed by atoms with van der Waals surface area (Å²) >= 11 is 3.41. The molecule has 0 amide bonds. The molecular formula is C20H18BrN3O4. The van der Waals surface area contributed by atoms with E-state index >= 15 is 0 Å². The molecule has 2 aromatic carbocycles. The number of nitrogens with zero attached hydrogens (tertiary/aromatic N) is 3. The van der Waals surface area contributed by atoms with Crippen LogP contribution in [0.25, 0.3) is 10.9 Å². The zero-order valence-electron chi connectivity index (χ0n) is 15.4. The molecule has 144 valence electrons. The summed E-state index contributed by atoms with van der Waals surface area (Å²) < 4.78 is 18.4. The van der Waals surface area contributed by atoms with Crippen molar-refractivity contribution in [3.05, 3.63) is 56.5 Å². The van der Waals surface area contributed by atoms with Gasteiger partial charge in [0, 0.05) is 22.5 Å². The summed E-state index contributed by atoms with van der Waals surface area (Å²) in [5, 5.41) is 4.94. The number of halogens is 1. The Morgan fingerprint density at radius 1 is 1.29 bits per heavy atom. The first-order valence-electron chi connectivity index (χ1n) is 8.84. The molecule has 1 aliphatic heterocycles. The van der Waals surface area contributed by atoms with Crippen LogP contribution in [-0.4, -0.2) is 29.8 Å². The standard InChI is InChI=1S/C20H18BrN3O4/c1-3-4-19-23-15-6-5-13(21)8-14(15)20(25)24(19)22-10-12-7-17-18(28-11-27-17)9-16(12)26-2/h5-10H,3-4,11H2,1-2H3. The Kier molecular flexibility index (Phi) is 5.04. The van der Waals surface area contributed by atoms with Crippen molar-refractivity contribution in [3.63, 3.8) is 0 Å². The second-order valence-electron chi connectivity index (χ2n) is 6.25. The van der Waals surface area contributed by atoms with Crippen LogP contribution in [0.1, 0.15) is 24.7 Å². The average Bonchev–Trinajstić information content (AvgIpc) is 3.15. The van der Waals surface area contributed by atoms with Gasteiger partial charge in [0.15, 0.2) is 11.5 Å². The monoisotopic (exact) mass is 443 g/mol. The first kappa shape index (κ1) is 18.5. The van der Waals surface area contributed by atoms with Crippen molar-refractivity contribution >= 4 is 33.0 Å². The van der Waals surface area contributed by atoms with Gasteiger partial charge in [-0.3, -0.25) is 4.79 Å². The third kappa shape index (κ3) is 3.35. The lowest BCUT2D eigenvalue weighted by Crippen LogP contribution is -2.22. The Morgan fingerprint density at radius 2 is 2.07 bits per heavy atom. The lowest BCUT2D eigenvalue weighted by molar-refractivity contribution is 0.174. The van der Waals surface area contributed by atoms with E-state index in [4.69, 9.17) is 14.2 Å². The van der Waals surface area contributed by atoms with Crippen LogP contribution < -0.4 is 19.8 Å². The Labute approximate surface area is 169 Å². The number of aryl methyl sites for hydroxylation is 1. The Balaban J connectivity index is 1.84. The molecule has 0 spiro atoms. The number of aromatic nitrogens is 2. The molecule has 8 heteroatoms. The fourth-order valence-electron chi connectivity index (χ4n) is 3.04. The minimum absolute atomic E-state index is 0.169. The predicted molar refractivity (Wildman–Crippen MR) is 110 cm³/mol. The molecule has 1 aromatic heterocycles. The van der Waals surface area contributed by atoms with Crippen LogP contribution in [0.5, 0.6) is 17.2 Å². The van der Waals surface area contributed by atoms with Gasteiger partial charge in [-0.1, -0.05) is 22.9 Å². The third-order valence-electron chi connectivity index (χ3n) is 4.39. The molecule has 0 saturated heterocycles. The molecule has 1 aliphatic rings. The molecule has 4 rings (SSSR count). The van der Waals surface area contributed by atoms with Gasteiger partial charge in [0.1, 0.15) is 11.6 Å². The maximum absolute atomic E-state index is 13.1. The van der Waals surface area contributed by atoms with E-state index in [1.54, 1.807) is 31.5 Å². The molecule has 0 N–H and O–H groups in total. The van der Waals surface area contributed by atoms with E-state index in [1.165, 1.54) is 4.68 Å². The molecule has 0 radical (unpaired) electrons. The summed E-state index contributed by atoms with van der Waals surface area (Å²) in [5.41, 5.74) is 1.12. The molecule has 0 fully saturated rings. The first-order chi connectivity index (χ1) is 13.6. The highest BCUT2D eigenvalue weighted by molar-refractivity contribution is 9.10. The number of hydrogen-bond acceptors (Lipinski definition) is 6.